The van der Waals surface area contributed by atoms with Crippen LogP contribution in [0.4, 0.5) is 15.3 Å². The van der Waals surface area contributed by atoms with Crippen LogP contribution in [0.2, 0.25) is 0 Å². The van der Waals surface area contributed by atoms with Crippen LogP contribution in [-0.4, -0.2) is 45.7 Å². The van der Waals surface area contributed by atoms with Gasteiger partial charge in [0.05, 0.1) is 6.54 Å². The second-order valence-electron chi connectivity index (χ2n) is 8.50. The summed E-state index contributed by atoms with van der Waals surface area (Å²) in [5.41, 5.74) is 1.30. The molecule has 0 saturated heterocycles. The number of carbonyl (C=O) groups is 1. The molecule has 2 heterocycles. The van der Waals surface area contributed by atoms with Gasteiger partial charge in [-0.05, 0) is 58.4 Å². The first-order valence-electron chi connectivity index (χ1n) is 10.0. The first-order chi connectivity index (χ1) is 14.1. The zero-order valence-corrected chi connectivity index (χ0v) is 19.1. The van der Waals surface area contributed by atoms with E-state index in [4.69, 9.17) is 10.1 Å². The maximum Gasteiger partial charge on any atom is 0.239 e. The van der Waals surface area contributed by atoms with E-state index in [0.717, 1.165) is 17.8 Å². The lowest BCUT2D eigenvalue weighted by Crippen LogP contribution is -2.39. The third kappa shape index (κ3) is 5.08. The minimum absolute atomic E-state index is 0.0419. The van der Waals surface area contributed by atoms with Crippen molar-refractivity contribution in [3.8, 4) is 11.3 Å². The fourth-order valence-electron chi connectivity index (χ4n) is 2.87. The number of nitrogens with zero attached hydrogens (tertiary/aromatic N) is 4. The summed E-state index contributed by atoms with van der Waals surface area (Å²) in [5.74, 6) is 0.409. The van der Waals surface area contributed by atoms with Crippen molar-refractivity contribution in [1.29, 1.82) is 0 Å². The summed E-state index contributed by atoms with van der Waals surface area (Å²) >= 11 is 1.40. The molecule has 3 rings (SSSR count). The van der Waals surface area contributed by atoms with Gasteiger partial charge in [-0.2, -0.15) is 4.52 Å². The Labute approximate surface area is 180 Å². The highest BCUT2D eigenvalue weighted by atomic mass is 32.1. The Morgan fingerprint density at radius 3 is 2.57 bits per heavy atom. The summed E-state index contributed by atoms with van der Waals surface area (Å²) in [5, 5.41) is 11.8. The summed E-state index contributed by atoms with van der Waals surface area (Å²) in [6, 6.07) is 6.41. The van der Waals surface area contributed by atoms with Gasteiger partial charge < -0.3 is 15.5 Å². The lowest BCUT2D eigenvalue weighted by molar-refractivity contribution is -0.120. The number of hydrogen-bond acceptors (Lipinski definition) is 6. The zero-order chi connectivity index (χ0) is 22.1. The molecule has 0 unspecified atom stereocenters. The third-order valence-electron chi connectivity index (χ3n) is 4.53. The molecule has 3 aromatic rings. The molecule has 30 heavy (non-hydrogen) atoms. The van der Waals surface area contributed by atoms with Crippen molar-refractivity contribution in [3.63, 3.8) is 0 Å². The average molecular weight is 433 g/mol. The quantitative estimate of drug-likeness (QED) is 0.586. The van der Waals surface area contributed by atoms with Gasteiger partial charge in [0.1, 0.15) is 11.5 Å². The van der Waals surface area contributed by atoms with Crippen molar-refractivity contribution in [1.82, 2.24) is 19.9 Å². The standard InChI is InChI=1S/C21H29FN6OS/c1-7-13(2)23-16(29)12-27(6)20-26-28-18(25-21(3,4)5)17(24-19(28)30-20)14-8-10-15(22)11-9-14/h8-11,13,25H,7,12H2,1-6H3,(H,23,29)/t13-/m0/s1. The molecule has 1 atom stereocenters. The summed E-state index contributed by atoms with van der Waals surface area (Å²) in [7, 11) is 1.84. The highest BCUT2D eigenvalue weighted by Gasteiger charge is 2.23. The molecule has 2 aromatic heterocycles. The second-order valence-corrected chi connectivity index (χ2v) is 9.44. The van der Waals surface area contributed by atoms with E-state index < -0.39 is 0 Å². The van der Waals surface area contributed by atoms with E-state index in [2.05, 4.69) is 31.4 Å². The maximum absolute atomic E-state index is 13.4. The molecule has 0 aliphatic rings. The normalized spacial score (nSPS) is 12.8. The molecule has 1 aromatic carbocycles. The van der Waals surface area contributed by atoms with Gasteiger partial charge in [0.15, 0.2) is 5.82 Å². The molecule has 0 fully saturated rings. The first-order valence-corrected chi connectivity index (χ1v) is 10.8. The Morgan fingerprint density at radius 1 is 1.30 bits per heavy atom. The van der Waals surface area contributed by atoms with Crippen LogP contribution < -0.4 is 15.5 Å². The molecule has 162 valence electrons. The zero-order valence-electron chi connectivity index (χ0n) is 18.3. The molecule has 0 aliphatic heterocycles. The van der Waals surface area contributed by atoms with Gasteiger partial charge in [-0.25, -0.2) is 9.37 Å². The van der Waals surface area contributed by atoms with Crippen LogP contribution >= 0.6 is 11.3 Å². The molecule has 0 saturated carbocycles. The highest BCUT2D eigenvalue weighted by molar-refractivity contribution is 7.20. The van der Waals surface area contributed by atoms with E-state index in [0.29, 0.717) is 15.8 Å². The van der Waals surface area contributed by atoms with Crippen molar-refractivity contribution in [2.24, 2.45) is 0 Å². The predicted octanol–water partition coefficient (Wildman–Crippen LogP) is 4.16. The summed E-state index contributed by atoms with van der Waals surface area (Å²) in [6.45, 7) is 10.4. The van der Waals surface area contributed by atoms with Crippen molar-refractivity contribution >= 4 is 33.2 Å². The van der Waals surface area contributed by atoms with Gasteiger partial charge in [-0.1, -0.05) is 18.3 Å². The minimum Gasteiger partial charge on any atom is -0.364 e. The molecule has 7 nitrogen and oxygen atoms in total. The highest BCUT2D eigenvalue weighted by Crippen LogP contribution is 2.34. The molecule has 0 spiro atoms. The minimum atomic E-state index is -0.289. The number of halogens is 1. The van der Waals surface area contributed by atoms with Crippen molar-refractivity contribution in [3.05, 3.63) is 30.1 Å². The number of imidazole rings is 1. The number of aromatic nitrogens is 3. The van der Waals surface area contributed by atoms with Crippen LogP contribution in [0.3, 0.4) is 0 Å². The van der Waals surface area contributed by atoms with Crippen LogP contribution in [0.1, 0.15) is 41.0 Å². The number of benzene rings is 1. The SMILES string of the molecule is CC[C@H](C)NC(=O)CN(C)c1nn2c(NC(C)(C)C)c(-c3ccc(F)cc3)nc2s1. The van der Waals surface area contributed by atoms with Crippen molar-refractivity contribution < 1.29 is 9.18 Å². The van der Waals surface area contributed by atoms with Gasteiger partial charge in [0, 0.05) is 24.2 Å². The Balaban J connectivity index is 1.93. The molecule has 9 heteroatoms. The van der Waals surface area contributed by atoms with Crippen LogP contribution in [0, 0.1) is 5.82 Å². The molecule has 2 N–H and O–H groups in total. The monoisotopic (exact) mass is 432 g/mol. The number of rotatable bonds is 7. The molecule has 0 bridgehead atoms. The number of nitrogens with one attached hydrogen (secondary N) is 2. The van der Waals surface area contributed by atoms with Crippen molar-refractivity contribution in [2.75, 3.05) is 23.8 Å². The van der Waals surface area contributed by atoms with Crippen LogP contribution in [0.15, 0.2) is 24.3 Å². The van der Waals surface area contributed by atoms with E-state index in [1.54, 1.807) is 16.6 Å². The lowest BCUT2D eigenvalue weighted by Gasteiger charge is -2.22. The number of likely N-dealkylation sites (N-methyl/N-ethyl adjacent to an activating group) is 1. The number of fused-ring (bicyclic) bond motifs is 1. The predicted molar refractivity (Wildman–Crippen MR) is 121 cm³/mol. The van der Waals surface area contributed by atoms with Crippen LogP contribution in [0.25, 0.3) is 16.2 Å². The summed E-state index contributed by atoms with van der Waals surface area (Å²) in [4.78, 5) is 19.5. The largest absolute Gasteiger partial charge is 0.364 e. The van der Waals surface area contributed by atoms with Crippen molar-refractivity contribution in [2.45, 2.75) is 52.6 Å². The maximum atomic E-state index is 13.4. The van der Waals surface area contributed by atoms with Gasteiger partial charge in [0.2, 0.25) is 16.0 Å². The van der Waals surface area contributed by atoms with Gasteiger partial charge >= 0.3 is 0 Å². The Kier molecular flexibility index (Phi) is 6.30. The molecule has 1 amide bonds. The number of amides is 1. The number of carbonyl (C=O) groups excluding carboxylic acids is 1. The molecular weight excluding hydrogens is 403 g/mol. The van der Waals surface area contributed by atoms with Crippen LogP contribution in [0.5, 0.6) is 0 Å². The van der Waals surface area contributed by atoms with E-state index in [1.807, 2.05) is 25.8 Å². The summed E-state index contributed by atoms with van der Waals surface area (Å²) < 4.78 is 15.1. The summed E-state index contributed by atoms with van der Waals surface area (Å²) in [6.07, 6.45) is 0.883. The Morgan fingerprint density at radius 2 is 1.97 bits per heavy atom. The Hall–Kier alpha value is -2.68. The molecule has 0 radical (unpaired) electrons. The average Bonchev–Trinajstić information content (AvgIpc) is 3.20. The van der Waals surface area contributed by atoms with Gasteiger partial charge in [-0.15, -0.1) is 5.10 Å². The fourth-order valence-corrected chi connectivity index (χ4v) is 3.74. The van der Waals surface area contributed by atoms with Gasteiger partial charge in [0.25, 0.3) is 0 Å². The second kappa shape index (κ2) is 8.59. The Bertz CT molecular complexity index is 1020. The molecular formula is C21H29FN6OS. The van der Waals surface area contributed by atoms with E-state index >= 15 is 0 Å². The molecule has 0 aliphatic carbocycles. The van der Waals surface area contributed by atoms with E-state index in [1.165, 1.54) is 23.5 Å². The smallest absolute Gasteiger partial charge is 0.239 e. The van der Waals surface area contributed by atoms with Crippen LogP contribution in [-0.2, 0) is 4.79 Å². The third-order valence-corrected chi connectivity index (χ3v) is 5.55. The fraction of sp³-hybridized carbons (Fsp3) is 0.476. The van der Waals surface area contributed by atoms with E-state index in [-0.39, 0.29) is 29.8 Å². The lowest BCUT2D eigenvalue weighted by atomic mass is 10.1. The first kappa shape index (κ1) is 22.0. The van der Waals surface area contributed by atoms with E-state index in [9.17, 15) is 9.18 Å². The number of anilines is 2. The number of hydrogen-bond donors (Lipinski definition) is 2. The topological polar surface area (TPSA) is 74.6 Å². The van der Waals surface area contributed by atoms with Gasteiger partial charge in [-0.3, -0.25) is 4.79 Å².